The summed E-state index contributed by atoms with van der Waals surface area (Å²) in [5.74, 6) is -0.675. The molecule has 0 radical (unpaired) electrons. The molecule has 2 amide bonds. The van der Waals surface area contributed by atoms with Crippen LogP contribution < -0.4 is 9.80 Å². The van der Waals surface area contributed by atoms with Crippen LogP contribution in [0.2, 0.25) is 5.02 Å². The zero-order chi connectivity index (χ0) is 17.3. The Balaban J connectivity index is 2.23. The van der Waals surface area contributed by atoms with Gasteiger partial charge in [-0.15, -0.1) is 0 Å². The number of aliphatic hydroxyl groups is 1. The number of benzene rings is 2. The van der Waals surface area contributed by atoms with E-state index in [0.717, 1.165) is 0 Å². The second kappa shape index (κ2) is 6.63. The van der Waals surface area contributed by atoms with E-state index in [0.29, 0.717) is 22.1 Å². The van der Waals surface area contributed by atoms with Crippen molar-refractivity contribution < 1.29 is 14.7 Å². The fourth-order valence-corrected chi connectivity index (χ4v) is 3.03. The Hall–Kier alpha value is -2.37. The highest BCUT2D eigenvalue weighted by atomic mass is 35.5. The molecule has 2 aromatic carbocycles. The van der Waals surface area contributed by atoms with Gasteiger partial charge in [-0.05, 0) is 37.3 Å². The molecule has 2 aromatic rings. The van der Waals surface area contributed by atoms with Crippen LogP contribution in [0.15, 0.2) is 48.5 Å². The zero-order valence-corrected chi connectivity index (χ0v) is 13.9. The maximum absolute atomic E-state index is 12.7. The van der Waals surface area contributed by atoms with Crippen LogP contribution in [0.4, 0.5) is 17.1 Å². The lowest BCUT2D eigenvalue weighted by molar-refractivity contribution is -0.126. The third kappa shape index (κ3) is 2.88. The molecular formula is C18H17ClN2O3. The summed E-state index contributed by atoms with van der Waals surface area (Å²) in [5, 5.41) is 9.97. The van der Waals surface area contributed by atoms with E-state index < -0.39 is 6.04 Å². The predicted molar refractivity (Wildman–Crippen MR) is 93.7 cm³/mol. The summed E-state index contributed by atoms with van der Waals surface area (Å²) < 4.78 is 0. The summed E-state index contributed by atoms with van der Waals surface area (Å²) in [6, 6.07) is 13.7. The zero-order valence-electron chi connectivity index (χ0n) is 13.1. The molecule has 1 heterocycles. The van der Waals surface area contributed by atoms with Crippen LogP contribution in [0.5, 0.6) is 0 Å². The Labute approximate surface area is 145 Å². The van der Waals surface area contributed by atoms with Gasteiger partial charge in [0.25, 0.3) is 0 Å². The first-order chi connectivity index (χ1) is 11.5. The van der Waals surface area contributed by atoms with E-state index in [2.05, 4.69) is 0 Å². The molecule has 0 aromatic heterocycles. The fourth-order valence-electron chi connectivity index (χ4n) is 2.87. The van der Waals surface area contributed by atoms with Gasteiger partial charge >= 0.3 is 0 Å². The number of para-hydroxylation sites is 1. The molecule has 1 N–H and O–H groups in total. The third-order valence-electron chi connectivity index (χ3n) is 3.98. The average Bonchev–Trinajstić information content (AvgIpc) is 2.67. The second-order valence-corrected chi connectivity index (χ2v) is 6.11. The molecular weight excluding hydrogens is 328 g/mol. The van der Waals surface area contributed by atoms with Crippen LogP contribution in [0.1, 0.15) is 13.3 Å². The monoisotopic (exact) mass is 344 g/mol. The van der Waals surface area contributed by atoms with Crippen molar-refractivity contribution in [2.75, 3.05) is 16.4 Å². The van der Waals surface area contributed by atoms with Gasteiger partial charge in [0, 0.05) is 10.7 Å². The molecule has 24 heavy (non-hydrogen) atoms. The van der Waals surface area contributed by atoms with E-state index >= 15 is 0 Å². The standard InChI is InChI=1S/C18H17ClN2O3/c1-12(11-22)20-15-8-7-13(19)9-16(15)21(18(24)10-17(20)23)14-5-3-2-4-6-14/h2-9,12,22H,10-11H2,1H3. The highest BCUT2D eigenvalue weighted by molar-refractivity contribution is 6.31. The second-order valence-electron chi connectivity index (χ2n) is 5.67. The third-order valence-corrected chi connectivity index (χ3v) is 4.21. The number of carbonyl (C=O) groups is 2. The molecule has 0 aliphatic carbocycles. The summed E-state index contributed by atoms with van der Waals surface area (Å²) in [4.78, 5) is 28.3. The summed E-state index contributed by atoms with van der Waals surface area (Å²) in [6.45, 7) is 1.53. The highest BCUT2D eigenvalue weighted by Crippen LogP contribution is 2.40. The van der Waals surface area contributed by atoms with Gasteiger partial charge < -0.3 is 10.0 Å². The van der Waals surface area contributed by atoms with Crippen molar-refractivity contribution in [1.29, 1.82) is 0 Å². The number of hydrogen-bond acceptors (Lipinski definition) is 3. The minimum atomic E-state index is -0.444. The van der Waals surface area contributed by atoms with Crippen molar-refractivity contribution in [2.45, 2.75) is 19.4 Å². The van der Waals surface area contributed by atoms with Crippen LogP contribution in [0.25, 0.3) is 0 Å². The first-order valence-corrected chi connectivity index (χ1v) is 8.01. The molecule has 3 rings (SSSR count). The Morgan fingerprint density at radius 1 is 1.08 bits per heavy atom. The number of anilines is 3. The van der Waals surface area contributed by atoms with E-state index in [1.807, 2.05) is 18.2 Å². The summed E-state index contributed by atoms with van der Waals surface area (Å²) in [7, 11) is 0. The number of amides is 2. The minimum Gasteiger partial charge on any atom is -0.394 e. The summed E-state index contributed by atoms with van der Waals surface area (Å²) >= 11 is 6.14. The topological polar surface area (TPSA) is 60.9 Å². The molecule has 6 heteroatoms. The number of fused-ring (bicyclic) bond motifs is 1. The van der Waals surface area contributed by atoms with Crippen molar-refractivity contribution in [3.8, 4) is 0 Å². The number of carbonyl (C=O) groups excluding carboxylic acids is 2. The van der Waals surface area contributed by atoms with Crippen molar-refractivity contribution in [2.24, 2.45) is 0 Å². The maximum Gasteiger partial charge on any atom is 0.241 e. The Morgan fingerprint density at radius 3 is 2.46 bits per heavy atom. The SMILES string of the molecule is CC(CO)N1C(=O)CC(=O)N(c2ccccc2)c2cc(Cl)ccc21. The van der Waals surface area contributed by atoms with Crippen molar-refractivity contribution in [1.82, 2.24) is 0 Å². The van der Waals surface area contributed by atoms with Crippen molar-refractivity contribution in [3.05, 3.63) is 53.6 Å². The van der Waals surface area contributed by atoms with E-state index in [1.54, 1.807) is 37.3 Å². The highest BCUT2D eigenvalue weighted by Gasteiger charge is 2.34. The lowest BCUT2D eigenvalue weighted by Crippen LogP contribution is -2.40. The minimum absolute atomic E-state index is 0.201. The Bertz CT molecular complexity index is 779. The Kier molecular flexibility index (Phi) is 4.55. The first-order valence-electron chi connectivity index (χ1n) is 7.63. The molecule has 1 atom stereocenters. The van der Waals surface area contributed by atoms with Crippen molar-refractivity contribution in [3.63, 3.8) is 0 Å². The van der Waals surface area contributed by atoms with Gasteiger partial charge in [-0.2, -0.15) is 0 Å². The number of nitrogens with zero attached hydrogens (tertiary/aromatic N) is 2. The molecule has 1 aliphatic heterocycles. The summed E-state index contributed by atoms with van der Waals surface area (Å²) in [6.07, 6.45) is -0.272. The molecule has 124 valence electrons. The van der Waals surface area contributed by atoms with Gasteiger partial charge in [0.05, 0.1) is 24.0 Å². The van der Waals surface area contributed by atoms with E-state index in [9.17, 15) is 14.7 Å². The number of aliphatic hydroxyl groups excluding tert-OH is 1. The van der Waals surface area contributed by atoms with Gasteiger partial charge in [-0.3, -0.25) is 14.5 Å². The number of halogens is 1. The van der Waals surface area contributed by atoms with E-state index in [1.165, 1.54) is 9.80 Å². The largest absolute Gasteiger partial charge is 0.394 e. The number of rotatable bonds is 3. The predicted octanol–water partition coefficient (Wildman–Crippen LogP) is 3.12. The molecule has 1 unspecified atom stereocenters. The molecule has 0 fully saturated rings. The van der Waals surface area contributed by atoms with E-state index in [4.69, 9.17) is 11.6 Å². The lowest BCUT2D eigenvalue weighted by atomic mass is 10.1. The van der Waals surface area contributed by atoms with Crippen LogP contribution in [0, 0.1) is 0 Å². The van der Waals surface area contributed by atoms with Gasteiger partial charge in [-0.1, -0.05) is 29.8 Å². The van der Waals surface area contributed by atoms with E-state index in [-0.39, 0.29) is 24.8 Å². The molecule has 5 nitrogen and oxygen atoms in total. The van der Waals surface area contributed by atoms with Crippen LogP contribution in [0.3, 0.4) is 0 Å². The lowest BCUT2D eigenvalue weighted by Gasteiger charge is -2.29. The van der Waals surface area contributed by atoms with Crippen LogP contribution in [-0.4, -0.2) is 29.6 Å². The Morgan fingerprint density at radius 2 is 1.79 bits per heavy atom. The maximum atomic E-state index is 12.7. The van der Waals surface area contributed by atoms with Crippen LogP contribution >= 0.6 is 11.6 Å². The normalized spacial score (nSPS) is 16.0. The average molecular weight is 345 g/mol. The van der Waals surface area contributed by atoms with Gasteiger partial charge in [0.2, 0.25) is 11.8 Å². The number of hydrogen-bond donors (Lipinski definition) is 1. The smallest absolute Gasteiger partial charge is 0.241 e. The fraction of sp³-hybridized carbons (Fsp3) is 0.222. The van der Waals surface area contributed by atoms with Crippen molar-refractivity contribution >= 4 is 40.5 Å². The van der Waals surface area contributed by atoms with Gasteiger partial charge in [0.15, 0.2) is 0 Å². The molecule has 0 bridgehead atoms. The van der Waals surface area contributed by atoms with Gasteiger partial charge in [-0.25, -0.2) is 0 Å². The van der Waals surface area contributed by atoms with Crippen LogP contribution in [-0.2, 0) is 9.59 Å². The molecule has 0 spiro atoms. The molecule has 0 saturated carbocycles. The quantitative estimate of drug-likeness (QED) is 0.870. The molecule has 1 aliphatic rings. The molecule has 0 saturated heterocycles. The van der Waals surface area contributed by atoms with Gasteiger partial charge in [0.1, 0.15) is 6.42 Å². The first kappa shape index (κ1) is 16.5. The summed E-state index contributed by atoms with van der Waals surface area (Å²) in [5.41, 5.74) is 1.75.